The zero-order valence-corrected chi connectivity index (χ0v) is 18.9. The van der Waals surface area contributed by atoms with E-state index in [4.69, 9.17) is 11.6 Å². The molecule has 4 aromatic rings. The van der Waals surface area contributed by atoms with Gasteiger partial charge in [-0.15, -0.1) is 10.2 Å². The summed E-state index contributed by atoms with van der Waals surface area (Å²) in [7, 11) is 0. The second kappa shape index (κ2) is 8.66. The van der Waals surface area contributed by atoms with Crippen LogP contribution in [0.1, 0.15) is 31.9 Å². The minimum Gasteiger partial charge on any atom is -0.270 e. The summed E-state index contributed by atoms with van der Waals surface area (Å²) >= 11 is 7.80. The quantitative estimate of drug-likeness (QED) is 0.312. The van der Waals surface area contributed by atoms with Crippen LogP contribution in [0.15, 0.2) is 84.0 Å². The van der Waals surface area contributed by atoms with Crippen molar-refractivity contribution in [1.82, 2.24) is 14.8 Å². The van der Waals surface area contributed by atoms with Gasteiger partial charge in [-0.25, -0.2) is 0 Å². The normalized spacial score (nSPS) is 11.6. The van der Waals surface area contributed by atoms with Crippen LogP contribution in [0.2, 0.25) is 5.02 Å². The Hall–Kier alpha value is -2.56. The Balaban J connectivity index is 1.71. The van der Waals surface area contributed by atoms with Gasteiger partial charge in [-0.05, 0) is 40.8 Å². The minimum atomic E-state index is 0.115. The lowest BCUT2D eigenvalue weighted by atomic mass is 9.87. The lowest BCUT2D eigenvalue weighted by molar-refractivity contribution is 0.590. The third kappa shape index (κ3) is 4.61. The molecule has 0 radical (unpaired) electrons. The number of benzene rings is 3. The Morgan fingerprint density at radius 3 is 2.27 bits per heavy atom. The topological polar surface area (TPSA) is 30.7 Å². The van der Waals surface area contributed by atoms with Crippen molar-refractivity contribution in [2.45, 2.75) is 37.1 Å². The summed E-state index contributed by atoms with van der Waals surface area (Å²) in [6.45, 7) is 6.66. The molecule has 0 amide bonds. The summed E-state index contributed by atoms with van der Waals surface area (Å²) < 4.78 is 2.13. The molecule has 0 fully saturated rings. The fraction of sp³-hybridized carbons (Fsp3) is 0.200. The van der Waals surface area contributed by atoms with E-state index in [0.29, 0.717) is 0 Å². The highest BCUT2D eigenvalue weighted by Gasteiger charge is 2.18. The van der Waals surface area contributed by atoms with Crippen molar-refractivity contribution >= 4 is 23.4 Å². The zero-order chi connectivity index (χ0) is 21.1. The van der Waals surface area contributed by atoms with E-state index in [-0.39, 0.29) is 5.41 Å². The molecule has 4 rings (SSSR count). The van der Waals surface area contributed by atoms with Gasteiger partial charge in [0.2, 0.25) is 0 Å². The van der Waals surface area contributed by atoms with Gasteiger partial charge in [0, 0.05) is 22.0 Å². The van der Waals surface area contributed by atoms with Crippen molar-refractivity contribution in [3.05, 3.63) is 95.0 Å². The number of halogens is 1. The van der Waals surface area contributed by atoms with Crippen LogP contribution in [-0.4, -0.2) is 14.8 Å². The van der Waals surface area contributed by atoms with Crippen molar-refractivity contribution in [2.24, 2.45) is 0 Å². The van der Waals surface area contributed by atoms with Crippen LogP contribution in [0.25, 0.3) is 17.1 Å². The number of thioether (sulfide) groups is 1. The van der Waals surface area contributed by atoms with Gasteiger partial charge in [0.1, 0.15) is 0 Å². The molecule has 0 aliphatic rings. The van der Waals surface area contributed by atoms with Crippen LogP contribution in [0.4, 0.5) is 0 Å². The van der Waals surface area contributed by atoms with Crippen LogP contribution >= 0.6 is 23.4 Å². The second-order valence-corrected chi connectivity index (χ2v) is 9.60. The maximum atomic E-state index is 6.14. The van der Waals surface area contributed by atoms with E-state index in [1.165, 1.54) is 5.56 Å². The SMILES string of the molecule is CC(C)(C)c1ccc(-c2nnc(SCc3cccc(Cl)c3)n2-c2ccccc2)cc1. The number of hydrogen-bond acceptors (Lipinski definition) is 3. The molecule has 0 aliphatic carbocycles. The fourth-order valence-electron chi connectivity index (χ4n) is 3.25. The third-order valence-corrected chi connectivity index (χ3v) is 6.15. The average molecular weight is 434 g/mol. The third-order valence-electron chi connectivity index (χ3n) is 4.91. The Labute approximate surface area is 187 Å². The molecule has 3 aromatic carbocycles. The van der Waals surface area contributed by atoms with Crippen LogP contribution in [0, 0.1) is 0 Å². The lowest BCUT2D eigenvalue weighted by Gasteiger charge is -2.19. The maximum absolute atomic E-state index is 6.14. The first-order valence-electron chi connectivity index (χ1n) is 9.91. The Kier molecular flexibility index (Phi) is 5.98. The molecule has 0 aliphatic heterocycles. The van der Waals surface area contributed by atoms with E-state index in [2.05, 4.69) is 78.0 Å². The van der Waals surface area contributed by atoms with E-state index in [1.54, 1.807) is 11.8 Å². The van der Waals surface area contributed by atoms with Crippen molar-refractivity contribution in [3.63, 3.8) is 0 Å². The molecule has 3 nitrogen and oxygen atoms in total. The van der Waals surface area contributed by atoms with Gasteiger partial charge in [0.15, 0.2) is 11.0 Å². The van der Waals surface area contributed by atoms with Gasteiger partial charge in [0.25, 0.3) is 0 Å². The average Bonchev–Trinajstić information content (AvgIpc) is 3.16. The van der Waals surface area contributed by atoms with Crippen LogP contribution in [0.3, 0.4) is 0 Å². The molecular weight excluding hydrogens is 410 g/mol. The second-order valence-electron chi connectivity index (χ2n) is 8.22. The van der Waals surface area contributed by atoms with Gasteiger partial charge < -0.3 is 0 Å². The molecule has 1 aromatic heterocycles. The lowest BCUT2D eigenvalue weighted by Crippen LogP contribution is -2.10. The Bertz CT molecular complexity index is 1130. The van der Waals surface area contributed by atoms with Crippen molar-refractivity contribution in [3.8, 4) is 17.1 Å². The Morgan fingerprint density at radius 1 is 0.867 bits per heavy atom. The first-order valence-corrected chi connectivity index (χ1v) is 11.3. The number of aromatic nitrogens is 3. The van der Waals surface area contributed by atoms with Crippen LogP contribution in [-0.2, 0) is 11.2 Å². The number of para-hydroxylation sites is 1. The van der Waals surface area contributed by atoms with Crippen molar-refractivity contribution in [1.29, 1.82) is 0 Å². The summed E-state index contributed by atoms with van der Waals surface area (Å²) in [5, 5.41) is 10.7. The fourth-order valence-corrected chi connectivity index (χ4v) is 4.36. The van der Waals surface area contributed by atoms with E-state index in [0.717, 1.165) is 38.6 Å². The zero-order valence-electron chi connectivity index (χ0n) is 17.3. The van der Waals surface area contributed by atoms with Gasteiger partial charge in [-0.1, -0.05) is 98.7 Å². The van der Waals surface area contributed by atoms with Gasteiger partial charge >= 0.3 is 0 Å². The summed E-state index contributed by atoms with van der Waals surface area (Å²) in [5.74, 6) is 1.62. The van der Waals surface area contributed by atoms with E-state index in [9.17, 15) is 0 Å². The van der Waals surface area contributed by atoms with Gasteiger partial charge in [-0.2, -0.15) is 0 Å². The van der Waals surface area contributed by atoms with Gasteiger partial charge in [-0.3, -0.25) is 4.57 Å². The number of hydrogen-bond donors (Lipinski definition) is 0. The molecule has 152 valence electrons. The molecule has 0 atom stereocenters. The monoisotopic (exact) mass is 433 g/mol. The maximum Gasteiger partial charge on any atom is 0.196 e. The molecule has 0 spiro atoms. The van der Waals surface area contributed by atoms with Crippen molar-refractivity contribution < 1.29 is 0 Å². The van der Waals surface area contributed by atoms with E-state index >= 15 is 0 Å². The van der Waals surface area contributed by atoms with E-state index < -0.39 is 0 Å². The molecule has 1 heterocycles. The standard InChI is InChI=1S/C25H24ClN3S/c1-25(2,3)20-14-12-19(13-15-20)23-27-28-24(29(23)22-10-5-4-6-11-22)30-17-18-8-7-9-21(26)16-18/h4-16H,17H2,1-3H3. The minimum absolute atomic E-state index is 0.115. The first-order chi connectivity index (χ1) is 14.4. The van der Waals surface area contributed by atoms with Crippen LogP contribution < -0.4 is 0 Å². The summed E-state index contributed by atoms with van der Waals surface area (Å²) in [4.78, 5) is 0. The number of rotatable bonds is 5. The van der Waals surface area contributed by atoms with Gasteiger partial charge in [0.05, 0.1) is 0 Å². The molecular formula is C25H24ClN3S. The molecule has 5 heteroatoms. The molecule has 0 unspecified atom stereocenters. The molecule has 0 saturated heterocycles. The summed E-state index contributed by atoms with van der Waals surface area (Å²) in [6, 6.07) is 26.8. The first kappa shape index (κ1) is 20.7. The summed E-state index contributed by atoms with van der Waals surface area (Å²) in [5.41, 5.74) is 4.67. The predicted molar refractivity (Wildman–Crippen MR) is 127 cm³/mol. The molecule has 30 heavy (non-hydrogen) atoms. The molecule has 0 N–H and O–H groups in total. The largest absolute Gasteiger partial charge is 0.270 e. The molecule has 0 bridgehead atoms. The predicted octanol–water partition coefficient (Wildman–Crippen LogP) is 7.18. The smallest absolute Gasteiger partial charge is 0.196 e. The number of nitrogens with zero attached hydrogens (tertiary/aromatic N) is 3. The van der Waals surface area contributed by atoms with Crippen LogP contribution in [0.5, 0.6) is 0 Å². The summed E-state index contributed by atoms with van der Waals surface area (Å²) in [6.07, 6.45) is 0. The molecule has 0 saturated carbocycles. The highest BCUT2D eigenvalue weighted by atomic mass is 35.5. The van der Waals surface area contributed by atoms with E-state index in [1.807, 2.05) is 36.4 Å². The highest BCUT2D eigenvalue weighted by Crippen LogP contribution is 2.31. The van der Waals surface area contributed by atoms with Crippen molar-refractivity contribution in [2.75, 3.05) is 0 Å². The highest BCUT2D eigenvalue weighted by molar-refractivity contribution is 7.98. The Morgan fingerprint density at radius 2 is 1.60 bits per heavy atom.